The molecule has 0 saturated heterocycles. The second-order valence-corrected chi connectivity index (χ2v) is 4.80. The van der Waals surface area contributed by atoms with E-state index in [-0.39, 0.29) is 0 Å². The molecule has 0 saturated carbocycles. The Hall–Kier alpha value is -1.20. The van der Waals surface area contributed by atoms with E-state index in [4.69, 9.17) is 5.73 Å². The van der Waals surface area contributed by atoms with Gasteiger partial charge in [0.2, 0.25) is 0 Å². The normalized spacial score (nSPS) is 11.4. The minimum Gasteiger partial charge on any atom is -0.383 e. The van der Waals surface area contributed by atoms with E-state index in [1.165, 1.54) is 0 Å². The van der Waals surface area contributed by atoms with Gasteiger partial charge in [-0.25, -0.2) is 9.97 Å². The summed E-state index contributed by atoms with van der Waals surface area (Å²) in [7, 11) is 2.07. The maximum Gasteiger partial charge on any atom is 0.146 e. The van der Waals surface area contributed by atoms with Crippen molar-refractivity contribution < 1.29 is 0 Å². The molecular weight excluding hydrogens is 220 g/mol. The van der Waals surface area contributed by atoms with E-state index in [9.17, 15) is 0 Å². The molecule has 16 heavy (non-hydrogen) atoms. The minimum absolute atomic E-state index is 0.589. The number of aromatic nitrogens is 2. The fourth-order valence-corrected chi connectivity index (χ4v) is 2.49. The highest BCUT2D eigenvalue weighted by atomic mass is 32.1. The monoisotopic (exact) mass is 236 g/mol. The summed E-state index contributed by atoms with van der Waals surface area (Å²) in [4.78, 5) is 12.0. The Morgan fingerprint density at radius 2 is 2.25 bits per heavy atom. The molecule has 0 radical (unpaired) electrons. The van der Waals surface area contributed by atoms with E-state index in [1.807, 2.05) is 11.4 Å². The lowest BCUT2D eigenvalue weighted by Crippen LogP contribution is -2.20. The zero-order valence-electron chi connectivity index (χ0n) is 9.60. The first-order valence-electron chi connectivity index (χ1n) is 5.39. The lowest BCUT2D eigenvalue weighted by molar-refractivity contribution is 0.320. The van der Waals surface area contributed by atoms with E-state index in [0.29, 0.717) is 5.82 Å². The first-order chi connectivity index (χ1) is 7.70. The molecule has 86 valence electrons. The summed E-state index contributed by atoms with van der Waals surface area (Å²) in [5.41, 5.74) is 5.89. The molecule has 2 N–H and O–H groups in total. The fraction of sp³-hybridized carbons (Fsp3) is 0.455. The first kappa shape index (κ1) is 11.3. The Morgan fingerprint density at radius 3 is 3.00 bits per heavy atom. The van der Waals surface area contributed by atoms with Gasteiger partial charge < -0.3 is 5.73 Å². The molecule has 0 aliphatic heterocycles. The predicted octanol–water partition coefficient (Wildman–Crippen LogP) is 2.12. The highest BCUT2D eigenvalue weighted by Crippen LogP contribution is 2.22. The first-order valence-corrected chi connectivity index (χ1v) is 6.26. The lowest BCUT2D eigenvalue weighted by Gasteiger charge is -2.14. The molecular formula is C11H16N4S. The van der Waals surface area contributed by atoms with E-state index in [0.717, 1.165) is 35.6 Å². The number of hydrogen-bond donors (Lipinski definition) is 1. The van der Waals surface area contributed by atoms with Crippen LogP contribution in [0.1, 0.15) is 19.2 Å². The van der Waals surface area contributed by atoms with Crippen molar-refractivity contribution in [3.63, 3.8) is 0 Å². The number of hydrogen-bond acceptors (Lipinski definition) is 5. The SMILES string of the molecule is CCCN(C)Cc1nc(N)c2ccsc2n1. The molecule has 2 aromatic heterocycles. The van der Waals surface area contributed by atoms with Gasteiger partial charge in [-0.1, -0.05) is 6.92 Å². The van der Waals surface area contributed by atoms with Crippen LogP contribution in [0.4, 0.5) is 5.82 Å². The molecule has 0 aromatic carbocycles. The molecule has 5 heteroatoms. The van der Waals surface area contributed by atoms with Gasteiger partial charge in [0.1, 0.15) is 16.5 Å². The zero-order chi connectivity index (χ0) is 11.5. The van der Waals surface area contributed by atoms with Gasteiger partial charge >= 0.3 is 0 Å². The Kier molecular flexibility index (Phi) is 3.36. The summed E-state index contributed by atoms with van der Waals surface area (Å²) in [5.74, 6) is 1.40. The van der Waals surface area contributed by atoms with Crippen molar-refractivity contribution in [3.05, 3.63) is 17.3 Å². The van der Waals surface area contributed by atoms with Gasteiger partial charge in [-0.05, 0) is 31.5 Å². The molecule has 0 aliphatic carbocycles. The molecule has 0 bridgehead atoms. The van der Waals surface area contributed by atoms with Gasteiger partial charge in [-0.3, -0.25) is 4.90 Å². The highest BCUT2D eigenvalue weighted by Gasteiger charge is 2.07. The summed E-state index contributed by atoms with van der Waals surface area (Å²) < 4.78 is 0. The van der Waals surface area contributed by atoms with Gasteiger partial charge in [0.05, 0.1) is 11.9 Å². The number of fused-ring (bicyclic) bond motifs is 1. The maximum absolute atomic E-state index is 5.89. The number of nitrogens with two attached hydrogens (primary N) is 1. The van der Waals surface area contributed by atoms with Crippen LogP contribution in [0, 0.1) is 0 Å². The smallest absolute Gasteiger partial charge is 0.146 e. The third-order valence-corrected chi connectivity index (χ3v) is 3.22. The summed E-state index contributed by atoms with van der Waals surface area (Å²) in [6.07, 6.45) is 1.13. The topological polar surface area (TPSA) is 55.0 Å². The standard InChI is InChI=1S/C11H16N4S/c1-3-5-15(2)7-9-13-10(12)8-4-6-16-11(8)14-9/h4,6H,3,5,7H2,1-2H3,(H2,12,13,14). The van der Waals surface area contributed by atoms with Crippen LogP contribution in [-0.4, -0.2) is 28.5 Å². The second-order valence-electron chi connectivity index (χ2n) is 3.90. The van der Waals surface area contributed by atoms with Crippen molar-refractivity contribution >= 4 is 27.4 Å². The number of anilines is 1. The van der Waals surface area contributed by atoms with Gasteiger partial charge in [0.25, 0.3) is 0 Å². The van der Waals surface area contributed by atoms with Crippen LogP contribution < -0.4 is 5.73 Å². The molecule has 4 nitrogen and oxygen atoms in total. The van der Waals surface area contributed by atoms with Crippen LogP contribution >= 0.6 is 11.3 Å². The highest BCUT2D eigenvalue weighted by molar-refractivity contribution is 7.16. The molecule has 0 spiro atoms. The molecule has 0 amide bonds. The molecule has 0 fully saturated rings. The van der Waals surface area contributed by atoms with Crippen molar-refractivity contribution in [2.24, 2.45) is 0 Å². The lowest BCUT2D eigenvalue weighted by atomic mass is 10.3. The van der Waals surface area contributed by atoms with Crippen molar-refractivity contribution in [2.45, 2.75) is 19.9 Å². The van der Waals surface area contributed by atoms with Gasteiger partial charge in [-0.15, -0.1) is 11.3 Å². The van der Waals surface area contributed by atoms with E-state index >= 15 is 0 Å². The third-order valence-electron chi connectivity index (χ3n) is 2.42. The van der Waals surface area contributed by atoms with Crippen LogP contribution in [0.2, 0.25) is 0 Å². The fourth-order valence-electron chi connectivity index (χ4n) is 1.70. The zero-order valence-corrected chi connectivity index (χ0v) is 10.4. The van der Waals surface area contributed by atoms with Crippen molar-refractivity contribution in [3.8, 4) is 0 Å². The molecule has 0 unspecified atom stereocenters. The largest absolute Gasteiger partial charge is 0.383 e. The summed E-state index contributed by atoms with van der Waals surface area (Å²) in [6.45, 7) is 3.96. The molecule has 0 aliphatic rings. The van der Waals surface area contributed by atoms with Crippen LogP contribution in [0.3, 0.4) is 0 Å². The second kappa shape index (κ2) is 4.76. The van der Waals surface area contributed by atoms with Crippen molar-refractivity contribution in [1.29, 1.82) is 0 Å². The summed E-state index contributed by atoms with van der Waals surface area (Å²) in [5, 5.41) is 2.96. The van der Waals surface area contributed by atoms with Crippen LogP contribution in [0.15, 0.2) is 11.4 Å². The Bertz CT molecular complexity index is 480. The maximum atomic E-state index is 5.89. The van der Waals surface area contributed by atoms with E-state index in [1.54, 1.807) is 11.3 Å². The summed E-state index contributed by atoms with van der Waals surface area (Å²) >= 11 is 1.61. The molecule has 0 atom stereocenters. The van der Waals surface area contributed by atoms with E-state index < -0.39 is 0 Å². The minimum atomic E-state index is 0.589. The van der Waals surface area contributed by atoms with Gasteiger partial charge in [0, 0.05) is 0 Å². The van der Waals surface area contributed by atoms with Gasteiger partial charge in [-0.2, -0.15) is 0 Å². The predicted molar refractivity (Wildman–Crippen MR) is 68.5 cm³/mol. The number of rotatable bonds is 4. The van der Waals surface area contributed by atoms with Gasteiger partial charge in [0.15, 0.2) is 0 Å². The number of nitrogens with zero attached hydrogens (tertiary/aromatic N) is 3. The average Bonchev–Trinajstić information content (AvgIpc) is 2.66. The Morgan fingerprint density at radius 1 is 1.44 bits per heavy atom. The Balaban J connectivity index is 2.24. The van der Waals surface area contributed by atoms with Crippen LogP contribution in [0.5, 0.6) is 0 Å². The number of thiophene rings is 1. The van der Waals surface area contributed by atoms with Crippen molar-refractivity contribution in [1.82, 2.24) is 14.9 Å². The number of nitrogen functional groups attached to an aromatic ring is 1. The molecule has 2 heterocycles. The van der Waals surface area contributed by atoms with Crippen LogP contribution in [0.25, 0.3) is 10.2 Å². The quantitative estimate of drug-likeness (QED) is 0.883. The average molecular weight is 236 g/mol. The van der Waals surface area contributed by atoms with Crippen molar-refractivity contribution in [2.75, 3.05) is 19.3 Å². The van der Waals surface area contributed by atoms with E-state index in [2.05, 4.69) is 28.8 Å². The molecule has 2 rings (SSSR count). The molecule has 2 aromatic rings. The summed E-state index contributed by atoms with van der Waals surface area (Å²) in [6, 6.07) is 1.97. The third kappa shape index (κ3) is 2.31. The Labute approximate surface area is 99.1 Å². The van der Waals surface area contributed by atoms with Crippen LogP contribution in [-0.2, 0) is 6.54 Å².